The van der Waals surface area contributed by atoms with Crippen LogP contribution in [0.1, 0.15) is 17.3 Å². The van der Waals surface area contributed by atoms with E-state index in [-0.39, 0.29) is 5.56 Å². The molecule has 126 valence electrons. The van der Waals surface area contributed by atoms with Crippen LogP contribution in [0.5, 0.6) is 0 Å². The van der Waals surface area contributed by atoms with Gasteiger partial charge in [0.05, 0.1) is 23.4 Å². The van der Waals surface area contributed by atoms with E-state index >= 15 is 0 Å². The number of hydrogen-bond acceptors (Lipinski definition) is 4. The highest BCUT2D eigenvalue weighted by molar-refractivity contribution is 5.77. The zero-order valence-electron chi connectivity index (χ0n) is 13.6. The number of aromatic nitrogens is 2. The van der Waals surface area contributed by atoms with E-state index in [4.69, 9.17) is 8.83 Å². The molecule has 1 aromatic carbocycles. The lowest BCUT2D eigenvalue weighted by Crippen LogP contribution is -3.08. The summed E-state index contributed by atoms with van der Waals surface area (Å²) in [7, 11) is 0. The van der Waals surface area contributed by atoms with Gasteiger partial charge < -0.3 is 18.7 Å². The van der Waals surface area contributed by atoms with Crippen LogP contribution in [0.25, 0.3) is 10.9 Å². The van der Waals surface area contributed by atoms with E-state index in [0.29, 0.717) is 36.4 Å². The zero-order valence-corrected chi connectivity index (χ0v) is 13.6. The summed E-state index contributed by atoms with van der Waals surface area (Å²) in [6.45, 7) is 1.90. The molecule has 0 saturated heterocycles. The minimum absolute atomic E-state index is 0.115. The van der Waals surface area contributed by atoms with Gasteiger partial charge in [-0.05, 0) is 36.4 Å². The van der Waals surface area contributed by atoms with Gasteiger partial charge in [-0.3, -0.25) is 4.79 Å². The largest absolute Gasteiger partial charge is 0.463 e. The molecule has 0 radical (unpaired) electrons. The normalized spacial score (nSPS) is 11.4. The Morgan fingerprint density at radius 1 is 0.880 bits per heavy atom. The maximum atomic E-state index is 12.3. The Morgan fingerprint density at radius 2 is 1.56 bits per heavy atom. The molecule has 0 aliphatic carbocycles. The number of para-hydroxylation sites is 1. The van der Waals surface area contributed by atoms with Gasteiger partial charge in [-0.15, -0.1) is 0 Å². The van der Waals surface area contributed by atoms with Gasteiger partial charge in [0.25, 0.3) is 5.56 Å². The topological polar surface area (TPSA) is 76.5 Å². The van der Waals surface area contributed by atoms with E-state index in [1.54, 1.807) is 18.6 Å². The maximum Gasteiger partial charge on any atom is 0.258 e. The summed E-state index contributed by atoms with van der Waals surface area (Å²) in [5, 5.41) is 0.602. The summed E-state index contributed by atoms with van der Waals surface area (Å²) in [5.74, 6) is 2.41. The fraction of sp³-hybridized carbons (Fsp3) is 0.158. The maximum absolute atomic E-state index is 12.3. The number of hydrogen-bond donors (Lipinski definition) is 2. The predicted molar refractivity (Wildman–Crippen MR) is 91.9 cm³/mol. The van der Waals surface area contributed by atoms with Crippen molar-refractivity contribution in [3.05, 3.63) is 88.8 Å². The molecule has 3 heterocycles. The lowest BCUT2D eigenvalue weighted by Gasteiger charge is -2.17. The minimum Gasteiger partial charge on any atom is -0.463 e. The molecule has 0 aliphatic heterocycles. The van der Waals surface area contributed by atoms with Gasteiger partial charge in [-0.1, -0.05) is 12.1 Å². The van der Waals surface area contributed by atoms with Gasteiger partial charge >= 0.3 is 0 Å². The van der Waals surface area contributed by atoms with Crippen molar-refractivity contribution in [1.29, 1.82) is 0 Å². The number of benzene rings is 1. The number of furan rings is 2. The van der Waals surface area contributed by atoms with E-state index in [0.717, 1.165) is 16.4 Å². The third kappa shape index (κ3) is 3.54. The molecule has 4 aromatic rings. The molecule has 2 N–H and O–H groups in total. The Kier molecular flexibility index (Phi) is 4.18. The van der Waals surface area contributed by atoms with Crippen molar-refractivity contribution in [2.75, 3.05) is 0 Å². The molecule has 0 atom stereocenters. The molecule has 4 rings (SSSR count). The zero-order chi connectivity index (χ0) is 17.1. The van der Waals surface area contributed by atoms with Crippen molar-refractivity contribution in [2.24, 2.45) is 0 Å². The van der Waals surface area contributed by atoms with Crippen molar-refractivity contribution in [3.8, 4) is 0 Å². The Balaban J connectivity index is 1.62. The number of fused-ring (bicyclic) bond motifs is 1. The smallest absolute Gasteiger partial charge is 0.258 e. The number of quaternary nitrogens is 1. The predicted octanol–water partition coefficient (Wildman–Crippen LogP) is 1.89. The second kappa shape index (κ2) is 6.78. The van der Waals surface area contributed by atoms with Crippen LogP contribution in [0.4, 0.5) is 0 Å². The van der Waals surface area contributed by atoms with Gasteiger partial charge in [0.2, 0.25) is 0 Å². The molecule has 0 amide bonds. The molecule has 6 heteroatoms. The van der Waals surface area contributed by atoms with E-state index in [2.05, 4.69) is 9.97 Å². The van der Waals surface area contributed by atoms with Crippen LogP contribution < -0.4 is 10.5 Å². The number of aromatic amines is 1. The van der Waals surface area contributed by atoms with Crippen molar-refractivity contribution in [2.45, 2.75) is 19.6 Å². The Morgan fingerprint density at radius 3 is 2.20 bits per heavy atom. The summed E-state index contributed by atoms with van der Waals surface area (Å²) in [6.07, 6.45) is 3.33. The molecule has 3 aromatic heterocycles. The first kappa shape index (κ1) is 15.4. The van der Waals surface area contributed by atoms with Crippen LogP contribution in [0.3, 0.4) is 0 Å². The second-order valence-electron chi connectivity index (χ2n) is 5.97. The molecule has 0 aliphatic rings. The van der Waals surface area contributed by atoms with E-state index < -0.39 is 0 Å². The highest BCUT2D eigenvalue weighted by Crippen LogP contribution is 2.06. The van der Waals surface area contributed by atoms with Crippen molar-refractivity contribution in [1.82, 2.24) is 9.97 Å². The SMILES string of the molecule is O=c1[nH]c(C[NH+](Cc2ccco2)Cc2ccco2)nc2ccccc12. The Labute approximate surface area is 143 Å². The molecular weight excluding hydrogens is 318 g/mol. The molecule has 0 saturated carbocycles. The van der Waals surface area contributed by atoms with Gasteiger partial charge in [-0.25, -0.2) is 4.98 Å². The highest BCUT2D eigenvalue weighted by atomic mass is 16.3. The fourth-order valence-electron chi connectivity index (χ4n) is 2.96. The van der Waals surface area contributed by atoms with E-state index in [1.165, 1.54) is 0 Å². The molecule has 6 nitrogen and oxygen atoms in total. The van der Waals surface area contributed by atoms with Crippen LogP contribution in [-0.4, -0.2) is 9.97 Å². The summed E-state index contributed by atoms with van der Waals surface area (Å²) in [5.41, 5.74) is 0.590. The third-order valence-corrected chi connectivity index (χ3v) is 4.09. The quantitative estimate of drug-likeness (QED) is 0.564. The van der Waals surface area contributed by atoms with Crippen molar-refractivity contribution < 1.29 is 13.7 Å². The van der Waals surface area contributed by atoms with Gasteiger partial charge in [-0.2, -0.15) is 0 Å². The van der Waals surface area contributed by atoms with Gasteiger partial charge in [0.15, 0.2) is 17.3 Å². The third-order valence-electron chi connectivity index (χ3n) is 4.09. The van der Waals surface area contributed by atoms with Crippen LogP contribution in [0, 0.1) is 0 Å². The number of nitrogens with one attached hydrogen (secondary N) is 2. The summed E-state index contributed by atoms with van der Waals surface area (Å²) >= 11 is 0. The van der Waals surface area contributed by atoms with E-state index in [9.17, 15) is 4.79 Å². The van der Waals surface area contributed by atoms with Crippen LogP contribution >= 0.6 is 0 Å². The van der Waals surface area contributed by atoms with E-state index in [1.807, 2.05) is 42.5 Å². The standard InChI is InChI=1S/C19H17N3O3/c23-19-16-7-1-2-8-17(16)20-18(21-19)13-22(11-14-5-3-9-24-14)12-15-6-4-10-25-15/h1-10H,11-13H2,(H,20,21,23)/p+1. The van der Waals surface area contributed by atoms with Crippen molar-refractivity contribution in [3.63, 3.8) is 0 Å². The first-order chi connectivity index (χ1) is 12.3. The molecule has 0 bridgehead atoms. The lowest BCUT2D eigenvalue weighted by atomic mass is 10.2. The second-order valence-corrected chi connectivity index (χ2v) is 5.97. The first-order valence-corrected chi connectivity index (χ1v) is 8.14. The average Bonchev–Trinajstić information content (AvgIpc) is 3.29. The van der Waals surface area contributed by atoms with Gasteiger partial charge in [0, 0.05) is 0 Å². The van der Waals surface area contributed by atoms with Crippen LogP contribution in [0.2, 0.25) is 0 Å². The average molecular weight is 336 g/mol. The molecule has 0 fully saturated rings. The van der Waals surface area contributed by atoms with Crippen LogP contribution in [0.15, 0.2) is 74.7 Å². The number of nitrogens with zero attached hydrogens (tertiary/aromatic N) is 1. The monoisotopic (exact) mass is 336 g/mol. The Bertz CT molecular complexity index is 968. The molecule has 0 spiro atoms. The minimum atomic E-state index is -0.115. The molecular formula is C19H18N3O3+. The summed E-state index contributed by atoms with van der Waals surface area (Å²) in [4.78, 5) is 20.9. The molecule has 25 heavy (non-hydrogen) atoms. The van der Waals surface area contributed by atoms with Gasteiger partial charge in [0.1, 0.15) is 19.6 Å². The summed E-state index contributed by atoms with van der Waals surface area (Å²) < 4.78 is 10.9. The first-order valence-electron chi connectivity index (χ1n) is 8.14. The number of rotatable bonds is 6. The highest BCUT2D eigenvalue weighted by Gasteiger charge is 2.17. The molecule has 0 unspecified atom stereocenters. The fourth-order valence-corrected chi connectivity index (χ4v) is 2.96. The van der Waals surface area contributed by atoms with Crippen LogP contribution in [-0.2, 0) is 19.6 Å². The lowest BCUT2D eigenvalue weighted by molar-refractivity contribution is -0.943. The van der Waals surface area contributed by atoms with Crippen molar-refractivity contribution >= 4 is 10.9 Å². The number of H-pyrrole nitrogens is 1. The Hall–Kier alpha value is -3.12. The summed E-state index contributed by atoms with van der Waals surface area (Å²) in [6, 6.07) is 15.0.